The first kappa shape index (κ1) is 37.5. The van der Waals surface area contributed by atoms with Gasteiger partial charge in [0.2, 0.25) is 0 Å². The molecule has 2 fully saturated rings. The number of ether oxygens (including phenoxy) is 3. The van der Waals surface area contributed by atoms with Gasteiger partial charge in [0, 0.05) is 40.8 Å². The number of benzene rings is 3. The van der Waals surface area contributed by atoms with E-state index in [1.807, 2.05) is 12.1 Å². The first-order valence-electron chi connectivity index (χ1n) is 21.0. The number of aryl methyl sites for hydroxylation is 1. The molecule has 9 heteroatoms. The van der Waals surface area contributed by atoms with Gasteiger partial charge in [-0.3, -0.25) is 0 Å². The van der Waals surface area contributed by atoms with Crippen LogP contribution in [0.4, 0.5) is 0 Å². The highest BCUT2D eigenvalue weighted by Gasteiger charge is 2.55. The highest BCUT2D eigenvalue weighted by Crippen LogP contribution is 2.60. The van der Waals surface area contributed by atoms with E-state index in [1.54, 1.807) is 6.07 Å². The normalized spacial score (nSPS) is 28.9. The van der Waals surface area contributed by atoms with Crippen molar-refractivity contribution in [1.29, 1.82) is 0 Å². The molecule has 296 valence electrons. The molecule has 6 N–H and O–H groups in total. The third-order valence-electron chi connectivity index (χ3n) is 13.6. The van der Waals surface area contributed by atoms with E-state index in [2.05, 4.69) is 71.7 Å². The van der Waals surface area contributed by atoms with Gasteiger partial charge in [0.1, 0.15) is 12.4 Å². The van der Waals surface area contributed by atoms with Gasteiger partial charge < -0.3 is 45.1 Å². The number of phenols is 1. The number of aliphatic hydroxyl groups is 2. The quantitative estimate of drug-likeness (QED) is 0.127. The van der Waals surface area contributed by atoms with E-state index in [9.17, 15) is 15.3 Å². The molecule has 6 bridgehead atoms. The van der Waals surface area contributed by atoms with E-state index in [0.717, 1.165) is 84.8 Å². The Kier molecular flexibility index (Phi) is 10.5. The number of unbranched alkanes of at least 4 members (excludes halogenated alkanes) is 2. The number of phenolic OH excluding ortho intramolecular Hbond substituents is 1. The van der Waals surface area contributed by atoms with Crippen LogP contribution in [0.3, 0.4) is 0 Å². The molecule has 5 aliphatic rings. The van der Waals surface area contributed by atoms with E-state index in [-0.39, 0.29) is 42.8 Å². The largest absolute Gasteiger partial charge is 0.504 e. The summed E-state index contributed by atoms with van der Waals surface area (Å²) in [5.41, 5.74) is 14.0. The Bertz CT molecular complexity index is 2140. The van der Waals surface area contributed by atoms with Gasteiger partial charge in [-0.2, -0.15) is 0 Å². The van der Waals surface area contributed by atoms with Crippen molar-refractivity contribution in [3.8, 4) is 11.5 Å². The predicted octanol–water partition coefficient (Wildman–Crippen LogP) is 7.67. The van der Waals surface area contributed by atoms with Gasteiger partial charge in [-0.15, -0.1) is 0 Å². The number of nitrogens with two attached hydrogens (primary N) is 1. The summed E-state index contributed by atoms with van der Waals surface area (Å²) in [7, 11) is 0. The van der Waals surface area contributed by atoms with Crippen LogP contribution >= 0.6 is 0 Å². The summed E-state index contributed by atoms with van der Waals surface area (Å²) in [5.74, 6) is 2.16. The molecule has 1 saturated carbocycles. The van der Waals surface area contributed by atoms with Crippen molar-refractivity contribution in [2.24, 2.45) is 11.7 Å². The van der Waals surface area contributed by atoms with Gasteiger partial charge in [-0.1, -0.05) is 62.6 Å². The first-order chi connectivity index (χ1) is 27.3. The zero-order valence-corrected chi connectivity index (χ0v) is 32.6. The number of nitrogens with zero attached hydrogens (tertiary/aromatic N) is 1. The van der Waals surface area contributed by atoms with Crippen molar-refractivity contribution in [2.45, 2.75) is 127 Å². The Morgan fingerprint density at radius 3 is 2.75 bits per heavy atom. The van der Waals surface area contributed by atoms with Crippen molar-refractivity contribution >= 4 is 16.6 Å². The minimum Gasteiger partial charge on any atom is -0.504 e. The topological polar surface area (TPSA) is 131 Å². The number of hydrogen-bond donors (Lipinski definition) is 5. The number of dihydropyridines is 1. The van der Waals surface area contributed by atoms with Crippen molar-refractivity contribution < 1.29 is 29.5 Å². The molecular weight excluding hydrogens is 703 g/mol. The molecule has 0 radical (unpaired) electrons. The molecule has 1 saturated heterocycles. The van der Waals surface area contributed by atoms with Gasteiger partial charge in [-0.25, -0.2) is 0 Å². The Morgan fingerprint density at radius 1 is 0.982 bits per heavy atom. The maximum absolute atomic E-state index is 11.3. The van der Waals surface area contributed by atoms with Gasteiger partial charge in [0.05, 0.1) is 37.7 Å². The molecule has 3 aliphatic heterocycles. The van der Waals surface area contributed by atoms with Crippen LogP contribution in [0.25, 0.3) is 16.6 Å². The van der Waals surface area contributed by atoms with Crippen molar-refractivity contribution in [1.82, 2.24) is 9.88 Å². The molecule has 7 atom stereocenters. The van der Waals surface area contributed by atoms with Gasteiger partial charge in [0.25, 0.3) is 0 Å². The van der Waals surface area contributed by atoms with Gasteiger partial charge in [-0.05, 0) is 121 Å². The lowest BCUT2D eigenvalue weighted by Crippen LogP contribution is -2.54. The SMILES string of the molecule is CCCCCC1CC(O)CCc2cc(c(O)cc2CO)OCc2cc(C34CCOC5CCC(CC53)c3ccccc34)cc3cn(cc23)C2=C(C=CC(N)N2)CO1. The second kappa shape index (κ2) is 15.7. The fourth-order valence-corrected chi connectivity index (χ4v) is 10.7. The second-order valence-corrected chi connectivity index (χ2v) is 16.9. The number of hydrogen-bond acceptors (Lipinski definition) is 8. The zero-order chi connectivity index (χ0) is 38.4. The fraction of sp³-hybridized carbons (Fsp3) is 0.489. The first-order valence-corrected chi connectivity index (χ1v) is 21.0. The molecule has 4 heterocycles. The Hall–Kier alpha value is -4.12. The molecule has 9 rings (SSSR count). The van der Waals surface area contributed by atoms with Crippen LogP contribution in [0.5, 0.6) is 11.5 Å². The van der Waals surface area contributed by atoms with Crippen LogP contribution in [0.2, 0.25) is 0 Å². The Labute approximate surface area is 330 Å². The molecule has 1 aromatic heterocycles. The number of fused-ring (bicyclic) bond motifs is 8. The van der Waals surface area contributed by atoms with Crippen LogP contribution in [-0.2, 0) is 34.5 Å². The lowest BCUT2D eigenvalue weighted by molar-refractivity contribution is -0.0894. The highest BCUT2D eigenvalue weighted by atomic mass is 16.5. The lowest BCUT2D eigenvalue weighted by Gasteiger charge is -2.56. The summed E-state index contributed by atoms with van der Waals surface area (Å²) >= 11 is 0. The number of nitrogens with one attached hydrogen (secondary N) is 1. The fourth-order valence-electron chi connectivity index (χ4n) is 10.7. The molecule has 56 heavy (non-hydrogen) atoms. The monoisotopic (exact) mass is 759 g/mol. The van der Waals surface area contributed by atoms with Crippen molar-refractivity contribution in [2.75, 3.05) is 13.2 Å². The maximum Gasteiger partial charge on any atom is 0.161 e. The smallest absolute Gasteiger partial charge is 0.161 e. The van der Waals surface area contributed by atoms with Crippen LogP contribution < -0.4 is 15.8 Å². The van der Waals surface area contributed by atoms with Crippen molar-refractivity contribution in [3.63, 3.8) is 0 Å². The number of rotatable bonds is 6. The standard InChI is InChI=1S/C47H57N3O6/c1-2-3-4-7-37-23-36(52)13-10-29-22-44(42(53)21-33(29)26-51)56-28-34-19-35(18-32-24-50(25-39(32)34)46-31(27-55-37)12-15-45(48)49-46)47-16-17-54-43-14-11-30(20-41(43)47)38-8-5-6-9-40(38)47/h5-6,8-9,12,15,18-19,21-22,24-25,30,36-37,41,43,45,49,51-53H,2-4,7,10-11,13-14,16-17,20,23,26-28,48H2,1H3. The summed E-state index contributed by atoms with van der Waals surface area (Å²) in [6, 6.07) is 17.3. The Morgan fingerprint density at radius 2 is 1.88 bits per heavy atom. The molecule has 2 aliphatic carbocycles. The van der Waals surface area contributed by atoms with Crippen LogP contribution in [0.15, 0.2) is 78.6 Å². The molecule has 0 amide bonds. The summed E-state index contributed by atoms with van der Waals surface area (Å²) in [4.78, 5) is 0. The van der Waals surface area contributed by atoms with E-state index >= 15 is 0 Å². The van der Waals surface area contributed by atoms with Crippen LogP contribution in [0, 0.1) is 5.92 Å². The predicted molar refractivity (Wildman–Crippen MR) is 218 cm³/mol. The third-order valence-corrected chi connectivity index (χ3v) is 13.6. The summed E-state index contributed by atoms with van der Waals surface area (Å²) in [6.07, 6.45) is 17.5. The average Bonchev–Trinajstić information content (AvgIpc) is 3.66. The van der Waals surface area contributed by atoms with Gasteiger partial charge in [0.15, 0.2) is 11.5 Å². The molecule has 7 unspecified atom stereocenters. The third kappa shape index (κ3) is 6.85. The van der Waals surface area contributed by atoms with Crippen LogP contribution in [-0.4, -0.2) is 57.6 Å². The number of aliphatic hydroxyl groups excluding tert-OH is 2. The van der Waals surface area contributed by atoms with Crippen molar-refractivity contribution in [3.05, 3.63) is 112 Å². The Balaban J connectivity index is 1.20. The summed E-state index contributed by atoms with van der Waals surface area (Å²) in [5, 5.41) is 38.5. The number of aromatic hydroxyl groups is 1. The van der Waals surface area contributed by atoms with Crippen LogP contribution in [0.1, 0.15) is 110 Å². The lowest BCUT2D eigenvalue weighted by atomic mass is 9.51. The molecule has 0 spiro atoms. The molecule has 3 aromatic carbocycles. The minimum absolute atomic E-state index is 0.00981. The van der Waals surface area contributed by atoms with E-state index < -0.39 is 6.10 Å². The van der Waals surface area contributed by atoms with E-state index in [4.69, 9.17) is 19.9 Å². The molecular formula is C47H57N3O6. The second-order valence-electron chi connectivity index (χ2n) is 16.9. The minimum atomic E-state index is -0.594. The van der Waals surface area contributed by atoms with E-state index in [0.29, 0.717) is 49.0 Å². The summed E-state index contributed by atoms with van der Waals surface area (Å²) < 4.78 is 21.9. The average molecular weight is 760 g/mol. The van der Waals surface area contributed by atoms with Gasteiger partial charge >= 0.3 is 0 Å². The van der Waals surface area contributed by atoms with E-state index in [1.165, 1.54) is 23.1 Å². The maximum atomic E-state index is 11.3. The molecule has 4 aromatic rings. The highest BCUT2D eigenvalue weighted by molar-refractivity contribution is 5.88. The summed E-state index contributed by atoms with van der Waals surface area (Å²) in [6.45, 7) is 3.32. The molecule has 9 nitrogen and oxygen atoms in total. The number of aromatic nitrogens is 1. The zero-order valence-electron chi connectivity index (χ0n) is 32.6.